The Kier molecular flexibility index (Phi) is 7.67. The highest BCUT2D eigenvalue weighted by molar-refractivity contribution is 5.91. The van der Waals surface area contributed by atoms with Gasteiger partial charge in [-0.05, 0) is 73.4 Å². The first-order valence-electron chi connectivity index (χ1n) is 12.3. The van der Waals surface area contributed by atoms with Crippen LogP contribution < -0.4 is 21.9 Å². The summed E-state index contributed by atoms with van der Waals surface area (Å²) in [4.78, 5) is 51.8. The highest BCUT2D eigenvalue weighted by atomic mass is 16.2. The van der Waals surface area contributed by atoms with Crippen molar-refractivity contribution in [2.24, 2.45) is 0 Å². The fraction of sp³-hybridized carbons (Fsp3) is 0.241. The van der Waals surface area contributed by atoms with Crippen molar-refractivity contribution in [3.05, 3.63) is 104 Å². The number of nitrogens with zero attached hydrogens (tertiary/aromatic N) is 2. The normalized spacial score (nSPS) is 10.9. The molecule has 0 bridgehead atoms. The van der Waals surface area contributed by atoms with Gasteiger partial charge in [0.1, 0.15) is 6.54 Å². The van der Waals surface area contributed by atoms with Gasteiger partial charge in [-0.1, -0.05) is 37.3 Å². The van der Waals surface area contributed by atoms with Gasteiger partial charge < -0.3 is 10.6 Å². The number of carbonyl (C=O) groups is 2. The first-order valence-corrected chi connectivity index (χ1v) is 12.3. The molecule has 1 aromatic heterocycles. The summed E-state index contributed by atoms with van der Waals surface area (Å²) in [6, 6.07) is 19.1. The molecule has 0 unspecified atom stereocenters. The van der Waals surface area contributed by atoms with Crippen LogP contribution in [0.4, 0.5) is 5.69 Å². The highest BCUT2D eigenvalue weighted by Crippen LogP contribution is 2.15. The number of aryl methyl sites for hydroxylation is 2. The Morgan fingerprint density at radius 2 is 1.59 bits per heavy atom. The molecule has 0 spiro atoms. The van der Waals surface area contributed by atoms with E-state index in [-0.39, 0.29) is 24.8 Å². The SMILES string of the molecule is CCCNC(=O)Cc1ccc(-n2c(=O)c3ccccc3n(CC(=O)Nc3ccc(C)c(C)c3)c2=O)cc1. The van der Waals surface area contributed by atoms with Crippen LogP contribution in [0, 0.1) is 13.8 Å². The van der Waals surface area contributed by atoms with Gasteiger partial charge in [-0.2, -0.15) is 0 Å². The van der Waals surface area contributed by atoms with Crippen molar-refractivity contribution in [2.75, 3.05) is 11.9 Å². The Labute approximate surface area is 214 Å². The van der Waals surface area contributed by atoms with E-state index in [4.69, 9.17) is 0 Å². The molecule has 1 heterocycles. The van der Waals surface area contributed by atoms with Crippen LogP contribution in [0.2, 0.25) is 0 Å². The molecule has 0 fully saturated rings. The van der Waals surface area contributed by atoms with Gasteiger partial charge in [-0.3, -0.25) is 19.0 Å². The predicted molar refractivity (Wildman–Crippen MR) is 145 cm³/mol. The number of fused-ring (bicyclic) bond motifs is 1. The lowest BCUT2D eigenvalue weighted by atomic mass is 10.1. The predicted octanol–water partition coefficient (Wildman–Crippen LogP) is 3.48. The summed E-state index contributed by atoms with van der Waals surface area (Å²) in [5.74, 6) is -0.469. The number of rotatable bonds is 8. The van der Waals surface area contributed by atoms with Crippen LogP contribution in [0.1, 0.15) is 30.0 Å². The minimum absolute atomic E-state index is 0.0883. The molecule has 37 heavy (non-hydrogen) atoms. The van der Waals surface area contributed by atoms with Gasteiger partial charge >= 0.3 is 5.69 Å². The molecule has 0 aliphatic heterocycles. The van der Waals surface area contributed by atoms with E-state index in [1.54, 1.807) is 48.5 Å². The molecule has 8 heteroatoms. The van der Waals surface area contributed by atoms with Gasteiger partial charge in [0, 0.05) is 12.2 Å². The Morgan fingerprint density at radius 3 is 2.30 bits per heavy atom. The first-order chi connectivity index (χ1) is 17.8. The molecule has 0 aliphatic carbocycles. The van der Waals surface area contributed by atoms with Crippen molar-refractivity contribution >= 4 is 28.4 Å². The van der Waals surface area contributed by atoms with E-state index in [1.165, 1.54) is 4.57 Å². The van der Waals surface area contributed by atoms with Gasteiger partial charge in [-0.15, -0.1) is 0 Å². The summed E-state index contributed by atoms with van der Waals surface area (Å²) in [6.07, 6.45) is 1.06. The standard InChI is InChI=1S/C29H30N4O4/c1-4-15-30-26(34)17-21-10-13-23(14-11-21)33-28(36)24-7-5-6-8-25(24)32(29(33)37)18-27(35)31-22-12-9-19(2)20(3)16-22/h5-14,16H,4,15,17-18H2,1-3H3,(H,30,34)(H,31,35). The van der Waals surface area contributed by atoms with Crippen LogP contribution in [0.5, 0.6) is 0 Å². The number of benzene rings is 3. The molecule has 0 atom stereocenters. The van der Waals surface area contributed by atoms with E-state index in [0.29, 0.717) is 28.8 Å². The topological polar surface area (TPSA) is 102 Å². The van der Waals surface area contributed by atoms with Crippen molar-refractivity contribution in [2.45, 2.75) is 40.2 Å². The largest absolute Gasteiger partial charge is 0.356 e. The summed E-state index contributed by atoms with van der Waals surface area (Å²) in [5.41, 5.74) is 3.21. The van der Waals surface area contributed by atoms with E-state index in [0.717, 1.165) is 27.7 Å². The molecule has 3 aromatic carbocycles. The number of amides is 2. The van der Waals surface area contributed by atoms with Crippen molar-refractivity contribution in [1.82, 2.24) is 14.5 Å². The monoisotopic (exact) mass is 498 g/mol. The number of anilines is 1. The van der Waals surface area contributed by atoms with Gasteiger partial charge in [0.2, 0.25) is 11.8 Å². The summed E-state index contributed by atoms with van der Waals surface area (Å²) >= 11 is 0. The summed E-state index contributed by atoms with van der Waals surface area (Å²) in [5, 5.41) is 5.99. The van der Waals surface area contributed by atoms with Crippen LogP contribution in [-0.4, -0.2) is 27.5 Å². The molecule has 190 valence electrons. The van der Waals surface area contributed by atoms with Gasteiger partial charge in [0.05, 0.1) is 23.0 Å². The molecule has 4 aromatic rings. The maximum atomic E-state index is 13.6. The van der Waals surface area contributed by atoms with E-state index < -0.39 is 11.2 Å². The molecule has 4 rings (SSSR count). The molecule has 0 aliphatic rings. The van der Waals surface area contributed by atoms with Crippen molar-refractivity contribution in [1.29, 1.82) is 0 Å². The van der Waals surface area contributed by atoms with Crippen LogP contribution >= 0.6 is 0 Å². The lowest BCUT2D eigenvalue weighted by Crippen LogP contribution is -2.40. The molecule has 2 amide bonds. The fourth-order valence-corrected chi connectivity index (χ4v) is 4.14. The summed E-state index contributed by atoms with van der Waals surface area (Å²) in [6.45, 7) is 6.28. The molecular weight excluding hydrogens is 468 g/mol. The Hall–Kier alpha value is -4.46. The van der Waals surface area contributed by atoms with Crippen LogP contribution in [0.3, 0.4) is 0 Å². The maximum absolute atomic E-state index is 13.6. The molecule has 0 saturated carbocycles. The zero-order valence-electron chi connectivity index (χ0n) is 21.2. The number of carbonyl (C=O) groups excluding carboxylic acids is 2. The van der Waals surface area contributed by atoms with Crippen LogP contribution in [0.15, 0.2) is 76.3 Å². The summed E-state index contributed by atoms with van der Waals surface area (Å²) < 4.78 is 2.37. The maximum Gasteiger partial charge on any atom is 0.336 e. The average molecular weight is 499 g/mol. The highest BCUT2D eigenvalue weighted by Gasteiger charge is 2.17. The van der Waals surface area contributed by atoms with E-state index in [9.17, 15) is 19.2 Å². The second-order valence-electron chi connectivity index (χ2n) is 9.07. The zero-order valence-corrected chi connectivity index (χ0v) is 21.2. The third-order valence-corrected chi connectivity index (χ3v) is 6.27. The smallest absolute Gasteiger partial charge is 0.336 e. The molecular formula is C29H30N4O4. The third-order valence-electron chi connectivity index (χ3n) is 6.27. The molecule has 0 radical (unpaired) electrons. The third kappa shape index (κ3) is 5.69. The second-order valence-corrected chi connectivity index (χ2v) is 9.07. The number of hydrogen-bond acceptors (Lipinski definition) is 4. The lowest BCUT2D eigenvalue weighted by molar-refractivity contribution is -0.120. The minimum Gasteiger partial charge on any atom is -0.356 e. The molecule has 8 nitrogen and oxygen atoms in total. The second kappa shape index (κ2) is 11.1. The number of hydrogen-bond donors (Lipinski definition) is 2. The van der Waals surface area contributed by atoms with Gasteiger partial charge in [0.15, 0.2) is 0 Å². The van der Waals surface area contributed by atoms with Crippen molar-refractivity contribution in [3.63, 3.8) is 0 Å². The lowest BCUT2D eigenvalue weighted by Gasteiger charge is -2.15. The minimum atomic E-state index is -0.618. The van der Waals surface area contributed by atoms with E-state index in [2.05, 4.69) is 10.6 Å². The van der Waals surface area contributed by atoms with Crippen LogP contribution in [-0.2, 0) is 22.6 Å². The van der Waals surface area contributed by atoms with E-state index >= 15 is 0 Å². The Bertz CT molecular complexity index is 1580. The number of aromatic nitrogens is 2. The zero-order chi connectivity index (χ0) is 26.5. The average Bonchev–Trinajstić information content (AvgIpc) is 2.88. The van der Waals surface area contributed by atoms with Crippen LogP contribution in [0.25, 0.3) is 16.6 Å². The van der Waals surface area contributed by atoms with Gasteiger partial charge in [-0.25, -0.2) is 9.36 Å². The Morgan fingerprint density at radius 1 is 0.865 bits per heavy atom. The first kappa shape index (κ1) is 25.6. The van der Waals surface area contributed by atoms with Crippen molar-refractivity contribution in [3.8, 4) is 5.69 Å². The quantitative estimate of drug-likeness (QED) is 0.388. The van der Waals surface area contributed by atoms with E-state index in [1.807, 2.05) is 39.0 Å². The Balaban J connectivity index is 1.69. The summed E-state index contributed by atoms with van der Waals surface area (Å²) in [7, 11) is 0. The molecule has 2 N–H and O–H groups in total. The van der Waals surface area contributed by atoms with Crippen molar-refractivity contribution < 1.29 is 9.59 Å². The van der Waals surface area contributed by atoms with Gasteiger partial charge in [0.25, 0.3) is 5.56 Å². The molecule has 0 saturated heterocycles. The number of para-hydroxylation sites is 1. The number of nitrogens with one attached hydrogen (secondary N) is 2. The fourth-order valence-electron chi connectivity index (χ4n) is 4.14.